The highest BCUT2D eigenvalue weighted by atomic mass is 14.5. The molecule has 0 radical (unpaired) electrons. The Kier molecular flexibility index (Phi) is 4.25. The SMILES string of the molecule is C(=C/C12c3ccccc3C(c3ccccc31)c1ccccc12)/C12c3ccccc3C(c3ccccc31)c1ccccc12. The lowest BCUT2D eigenvalue weighted by molar-refractivity contribution is 0.619. The zero-order valence-electron chi connectivity index (χ0n) is 23.2. The van der Waals surface area contributed by atoms with Gasteiger partial charge in [-0.1, -0.05) is 158 Å². The largest absolute Gasteiger partial charge is 0.0676 e. The lowest BCUT2D eigenvalue weighted by atomic mass is 9.50. The summed E-state index contributed by atoms with van der Waals surface area (Å²) < 4.78 is 0. The Labute approximate surface area is 246 Å². The van der Waals surface area contributed by atoms with Gasteiger partial charge in [0.1, 0.15) is 0 Å². The topological polar surface area (TPSA) is 0 Å². The van der Waals surface area contributed by atoms with Crippen LogP contribution in [0.1, 0.15) is 78.6 Å². The highest BCUT2D eigenvalue weighted by Crippen LogP contribution is 2.63. The molecule has 0 aliphatic heterocycles. The number of hydrogen-bond donors (Lipinski definition) is 0. The van der Waals surface area contributed by atoms with Crippen LogP contribution in [-0.4, -0.2) is 0 Å². The van der Waals surface area contributed by atoms with Crippen molar-refractivity contribution in [1.82, 2.24) is 0 Å². The third kappa shape index (κ3) is 2.48. The van der Waals surface area contributed by atoms with E-state index in [9.17, 15) is 0 Å². The summed E-state index contributed by atoms with van der Waals surface area (Å²) in [6, 6.07) is 55.1. The van der Waals surface area contributed by atoms with E-state index in [2.05, 4.69) is 158 Å². The van der Waals surface area contributed by atoms with Gasteiger partial charge in [-0.2, -0.15) is 0 Å². The molecule has 6 aromatic rings. The maximum Gasteiger partial charge on any atom is 0.0641 e. The van der Waals surface area contributed by atoms with E-state index in [0.29, 0.717) is 0 Å². The van der Waals surface area contributed by atoms with Crippen molar-refractivity contribution in [3.05, 3.63) is 225 Å². The quantitative estimate of drug-likeness (QED) is 0.195. The third-order valence-corrected chi connectivity index (χ3v) is 10.8. The summed E-state index contributed by atoms with van der Waals surface area (Å²) in [6.07, 6.45) is 5.18. The Morgan fingerprint density at radius 1 is 0.286 bits per heavy atom. The van der Waals surface area contributed by atoms with Gasteiger partial charge in [0.05, 0.1) is 10.8 Å². The standard InChI is InChI=1S/C42H28/c1-7-19-33-27(13-1)39-28-14-2-8-20-34(28)41(33,35-21-9-3-15-29(35)39)25-26-42-36-22-10-4-16-30(36)40(31-17-5-11-23-37(31)42)32-18-6-12-24-38(32)42/h1-26,39-40H/b26-25-. The van der Waals surface area contributed by atoms with Crippen molar-refractivity contribution in [3.63, 3.8) is 0 Å². The van der Waals surface area contributed by atoms with Gasteiger partial charge in [0.25, 0.3) is 0 Å². The number of hydrogen-bond acceptors (Lipinski definition) is 0. The van der Waals surface area contributed by atoms with Crippen molar-refractivity contribution in [2.75, 3.05) is 0 Å². The number of allylic oxidation sites excluding steroid dienone is 2. The van der Waals surface area contributed by atoms with Gasteiger partial charge >= 0.3 is 0 Å². The minimum Gasteiger partial charge on any atom is -0.0676 e. The van der Waals surface area contributed by atoms with Gasteiger partial charge in [0.15, 0.2) is 0 Å². The normalized spacial score (nSPS) is 24.8. The van der Waals surface area contributed by atoms with Crippen LogP contribution in [0.3, 0.4) is 0 Å². The lowest BCUT2D eigenvalue weighted by Crippen LogP contribution is -2.43. The van der Waals surface area contributed by atoms with Crippen LogP contribution in [0, 0.1) is 0 Å². The monoisotopic (exact) mass is 532 g/mol. The van der Waals surface area contributed by atoms with E-state index in [1.807, 2.05) is 0 Å². The summed E-state index contributed by atoms with van der Waals surface area (Å²) in [5, 5.41) is 0. The van der Waals surface area contributed by atoms with Crippen LogP contribution in [0.15, 0.2) is 158 Å². The number of rotatable bonds is 2. The molecule has 0 fully saturated rings. The average Bonchev–Trinajstić information content (AvgIpc) is 3.07. The minimum atomic E-state index is -0.375. The molecule has 0 aromatic heterocycles. The predicted octanol–water partition coefficient (Wildman–Crippen LogP) is 9.23. The summed E-state index contributed by atoms with van der Waals surface area (Å²) in [4.78, 5) is 0. The molecule has 0 saturated heterocycles. The second-order valence-electron chi connectivity index (χ2n) is 12.3. The molecule has 0 amide bonds. The molecule has 0 unspecified atom stereocenters. The Morgan fingerprint density at radius 3 is 0.690 bits per heavy atom. The molecule has 12 rings (SSSR count). The maximum absolute atomic E-state index is 2.59. The van der Waals surface area contributed by atoms with Crippen LogP contribution in [0.4, 0.5) is 0 Å². The van der Waals surface area contributed by atoms with Crippen LogP contribution < -0.4 is 0 Å². The molecule has 196 valence electrons. The molecule has 4 bridgehead atoms. The Hall–Kier alpha value is -4.94. The predicted molar refractivity (Wildman–Crippen MR) is 169 cm³/mol. The molecular weight excluding hydrogens is 504 g/mol. The molecule has 0 atom stereocenters. The fourth-order valence-corrected chi connectivity index (χ4v) is 9.31. The Bertz CT molecular complexity index is 1740. The van der Waals surface area contributed by atoms with Crippen LogP contribution in [-0.2, 0) is 10.8 Å². The molecule has 0 saturated carbocycles. The van der Waals surface area contributed by atoms with Crippen LogP contribution in [0.2, 0.25) is 0 Å². The molecule has 42 heavy (non-hydrogen) atoms. The first-order valence-electron chi connectivity index (χ1n) is 15.1. The van der Waals surface area contributed by atoms with E-state index in [4.69, 9.17) is 0 Å². The molecular formula is C42H28. The van der Waals surface area contributed by atoms with E-state index < -0.39 is 0 Å². The minimum absolute atomic E-state index is 0.273. The summed E-state index contributed by atoms with van der Waals surface area (Å²) >= 11 is 0. The summed E-state index contributed by atoms with van der Waals surface area (Å²) in [7, 11) is 0. The van der Waals surface area contributed by atoms with Gasteiger partial charge in [-0.15, -0.1) is 0 Å². The zero-order valence-corrected chi connectivity index (χ0v) is 23.2. The molecule has 0 N–H and O–H groups in total. The maximum atomic E-state index is 2.59. The molecule has 0 heterocycles. The highest BCUT2D eigenvalue weighted by molar-refractivity contribution is 5.77. The second-order valence-corrected chi connectivity index (χ2v) is 12.3. The van der Waals surface area contributed by atoms with Gasteiger partial charge in [-0.3, -0.25) is 0 Å². The molecule has 0 spiro atoms. The summed E-state index contributed by atoms with van der Waals surface area (Å²) in [5.41, 5.74) is 16.4. The van der Waals surface area contributed by atoms with Gasteiger partial charge in [-0.25, -0.2) is 0 Å². The van der Waals surface area contributed by atoms with E-state index in [0.717, 1.165) is 0 Å². The van der Waals surface area contributed by atoms with E-state index in [-0.39, 0.29) is 22.7 Å². The Balaban J connectivity index is 1.35. The van der Waals surface area contributed by atoms with Crippen molar-refractivity contribution >= 4 is 0 Å². The highest BCUT2D eigenvalue weighted by Gasteiger charge is 2.53. The van der Waals surface area contributed by atoms with Crippen molar-refractivity contribution in [2.45, 2.75) is 22.7 Å². The first-order chi connectivity index (χ1) is 20.8. The second kappa shape index (κ2) is 7.87. The van der Waals surface area contributed by atoms with Crippen LogP contribution in [0.5, 0.6) is 0 Å². The average molecular weight is 533 g/mol. The molecule has 6 aromatic carbocycles. The number of benzene rings is 6. The van der Waals surface area contributed by atoms with E-state index in [1.165, 1.54) is 66.8 Å². The van der Waals surface area contributed by atoms with Gasteiger partial charge < -0.3 is 0 Å². The molecule has 0 nitrogen and oxygen atoms in total. The first kappa shape index (κ1) is 22.7. The lowest BCUT2D eigenvalue weighted by Gasteiger charge is -2.52. The van der Waals surface area contributed by atoms with Gasteiger partial charge in [0, 0.05) is 11.8 Å². The fourth-order valence-electron chi connectivity index (χ4n) is 9.31. The first-order valence-corrected chi connectivity index (χ1v) is 15.1. The van der Waals surface area contributed by atoms with Gasteiger partial charge in [0.2, 0.25) is 0 Å². The molecule has 0 heteroatoms. The van der Waals surface area contributed by atoms with Gasteiger partial charge in [-0.05, 0) is 66.8 Å². The smallest absolute Gasteiger partial charge is 0.0641 e. The Morgan fingerprint density at radius 2 is 0.476 bits per heavy atom. The third-order valence-electron chi connectivity index (χ3n) is 10.8. The van der Waals surface area contributed by atoms with Crippen molar-refractivity contribution < 1.29 is 0 Å². The van der Waals surface area contributed by atoms with Crippen molar-refractivity contribution in [3.8, 4) is 0 Å². The fraction of sp³-hybridized carbons (Fsp3) is 0.0952. The molecule has 6 aliphatic carbocycles. The van der Waals surface area contributed by atoms with E-state index in [1.54, 1.807) is 0 Å². The summed E-state index contributed by atoms with van der Waals surface area (Å²) in [6.45, 7) is 0. The van der Waals surface area contributed by atoms with Crippen molar-refractivity contribution in [2.24, 2.45) is 0 Å². The van der Waals surface area contributed by atoms with E-state index >= 15 is 0 Å². The van der Waals surface area contributed by atoms with Crippen LogP contribution in [0.25, 0.3) is 0 Å². The van der Waals surface area contributed by atoms with Crippen molar-refractivity contribution in [1.29, 1.82) is 0 Å². The van der Waals surface area contributed by atoms with Crippen LogP contribution >= 0.6 is 0 Å². The molecule has 6 aliphatic rings. The zero-order chi connectivity index (χ0) is 27.5. The summed E-state index contributed by atoms with van der Waals surface area (Å²) in [5.74, 6) is 0.545.